The van der Waals surface area contributed by atoms with E-state index in [0.717, 1.165) is 5.56 Å². The van der Waals surface area contributed by atoms with Crippen LogP contribution in [0.4, 0.5) is 0 Å². The van der Waals surface area contributed by atoms with Gasteiger partial charge in [-0.15, -0.1) is 0 Å². The van der Waals surface area contributed by atoms with E-state index in [1.54, 1.807) is 4.90 Å². The summed E-state index contributed by atoms with van der Waals surface area (Å²) in [6.07, 6.45) is 0.216. The Morgan fingerprint density at radius 1 is 1.24 bits per heavy atom. The van der Waals surface area contributed by atoms with E-state index in [1.165, 1.54) is 0 Å². The number of amides is 1. The van der Waals surface area contributed by atoms with Crippen LogP contribution in [-0.4, -0.2) is 44.3 Å². The average molecular weight is 364 g/mol. The van der Waals surface area contributed by atoms with Crippen LogP contribution in [0, 0.1) is 0 Å². The van der Waals surface area contributed by atoms with E-state index in [1.807, 2.05) is 30.3 Å². The van der Waals surface area contributed by atoms with Crippen LogP contribution in [0.2, 0.25) is 18.1 Å². The predicted molar refractivity (Wildman–Crippen MR) is 99.5 cm³/mol. The van der Waals surface area contributed by atoms with Crippen molar-refractivity contribution >= 4 is 20.2 Å². The van der Waals surface area contributed by atoms with Gasteiger partial charge in [-0.05, 0) is 23.7 Å². The lowest BCUT2D eigenvalue weighted by molar-refractivity contribution is -0.149. The minimum Gasteiger partial charge on any atom is -0.459 e. The fourth-order valence-electron chi connectivity index (χ4n) is 2.50. The molecule has 1 amide bonds. The summed E-state index contributed by atoms with van der Waals surface area (Å²) >= 11 is 0. The molecule has 1 atom stereocenters. The number of carbonyl (C=O) groups is 2. The lowest BCUT2D eigenvalue weighted by atomic mass is 10.2. The van der Waals surface area contributed by atoms with Gasteiger partial charge >= 0.3 is 5.97 Å². The molecule has 1 unspecified atom stereocenters. The zero-order valence-electron chi connectivity index (χ0n) is 15.9. The Hall–Kier alpha value is -1.66. The first kappa shape index (κ1) is 19.7. The number of nitrogens with zero attached hydrogens (tertiary/aromatic N) is 1. The van der Waals surface area contributed by atoms with Crippen LogP contribution in [0.5, 0.6) is 0 Å². The lowest BCUT2D eigenvalue weighted by Crippen LogP contribution is -2.44. The van der Waals surface area contributed by atoms with Crippen molar-refractivity contribution in [1.82, 2.24) is 4.90 Å². The summed E-state index contributed by atoms with van der Waals surface area (Å²) in [4.78, 5) is 25.8. The van der Waals surface area contributed by atoms with Gasteiger partial charge in [0.1, 0.15) is 13.2 Å². The van der Waals surface area contributed by atoms with Gasteiger partial charge in [0, 0.05) is 6.54 Å². The van der Waals surface area contributed by atoms with Gasteiger partial charge in [0.05, 0.1) is 12.5 Å². The highest BCUT2D eigenvalue weighted by Crippen LogP contribution is 2.38. The molecule has 6 heteroatoms. The van der Waals surface area contributed by atoms with E-state index < -0.39 is 8.32 Å². The van der Waals surface area contributed by atoms with Gasteiger partial charge in [-0.1, -0.05) is 51.1 Å². The molecule has 0 saturated carbocycles. The van der Waals surface area contributed by atoms with Crippen molar-refractivity contribution < 1.29 is 18.8 Å². The highest BCUT2D eigenvalue weighted by Gasteiger charge is 2.42. The molecule has 0 bridgehead atoms. The van der Waals surface area contributed by atoms with E-state index in [0.29, 0.717) is 13.0 Å². The van der Waals surface area contributed by atoms with Crippen molar-refractivity contribution in [1.29, 1.82) is 0 Å². The second kappa shape index (κ2) is 7.70. The highest BCUT2D eigenvalue weighted by molar-refractivity contribution is 6.74. The zero-order valence-corrected chi connectivity index (χ0v) is 16.9. The maximum Gasteiger partial charge on any atom is 0.325 e. The van der Waals surface area contributed by atoms with Crippen molar-refractivity contribution in [3.05, 3.63) is 35.9 Å². The van der Waals surface area contributed by atoms with Gasteiger partial charge in [-0.2, -0.15) is 0 Å². The summed E-state index contributed by atoms with van der Waals surface area (Å²) < 4.78 is 11.6. The van der Waals surface area contributed by atoms with Crippen molar-refractivity contribution in [2.24, 2.45) is 0 Å². The average Bonchev–Trinajstić information content (AvgIpc) is 2.84. The first-order chi connectivity index (χ1) is 11.6. The number of likely N-dealkylation sites (tertiary alicyclic amines) is 1. The third kappa shape index (κ3) is 5.41. The van der Waals surface area contributed by atoms with Gasteiger partial charge in [0.2, 0.25) is 5.91 Å². The van der Waals surface area contributed by atoms with Crippen LogP contribution < -0.4 is 0 Å². The van der Waals surface area contributed by atoms with E-state index >= 15 is 0 Å². The van der Waals surface area contributed by atoms with Crippen LogP contribution in [0.25, 0.3) is 0 Å². The molecule has 1 aliphatic rings. The normalized spacial score (nSPS) is 18.5. The number of hydrogen-bond donors (Lipinski definition) is 0. The summed E-state index contributed by atoms with van der Waals surface area (Å²) in [6, 6.07) is 9.51. The van der Waals surface area contributed by atoms with Crippen molar-refractivity contribution in [3.8, 4) is 0 Å². The fourth-order valence-corrected chi connectivity index (χ4v) is 3.85. The summed E-state index contributed by atoms with van der Waals surface area (Å²) in [7, 11) is -1.92. The largest absolute Gasteiger partial charge is 0.459 e. The molecule has 0 spiro atoms. The maximum atomic E-state index is 12.2. The molecule has 1 saturated heterocycles. The molecule has 138 valence electrons. The molecule has 25 heavy (non-hydrogen) atoms. The Bertz CT molecular complexity index is 610. The Morgan fingerprint density at radius 2 is 1.88 bits per heavy atom. The molecule has 0 aromatic heterocycles. The van der Waals surface area contributed by atoms with Crippen LogP contribution in [-0.2, 0) is 25.4 Å². The number of ether oxygens (including phenoxy) is 1. The molecule has 1 fully saturated rings. The van der Waals surface area contributed by atoms with E-state index in [9.17, 15) is 9.59 Å². The number of rotatable bonds is 6. The summed E-state index contributed by atoms with van der Waals surface area (Å²) in [5.74, 6) is -0.425. The highest BCUT2D eigenvalue weighted by atomic mass is 28.4. The van der Waals surface area contributed by atoms with Gasteiger partial charge in [0.15, 0.2) is 8.32 Å². The Labute approximate surface area is 151 Å². The number of benzene rings is 1. The van der Waals surface area contributed by atoms with Gasteiger partial charge in [0.25, 0.3) is 0 Å². The van der Waals surface area contributed by atoms with Crippen LogP contribution in [0.15, 0.2) is 30.3 Å². The molecular weight excluding hydrogens is 334 g/mol. The minimum absolute atomic E-state index is 0.0109. The van der Waals surface area contributed by atoms with Crippen LogP contribution in [0.3, 0.4) is 0 Å². The van der Waals surface area contributed by atoms with Gasteiger partial charge < -0.3 is 14.1 Å². The maximum absolute atomic E-state index is 12.2. The van der Waals surface area contributed by atoms with Crippen LogP contribution in [0.1, 0.15) is 32.8 Å². The Morgan fingerprint density at radius 3 is 2.48 bits per heavy atom. The molecule has 0 aliphatic carbocycles. The molecule has 0 radical (unpaired) electrons. The third-order valence-electron chi connectivity index (χ3n) is 5.01. The molecule has 1 aromatic rings. The number of carbonyl (C=O) groups excluding carboxylic acids is 2. The Balaban J connectivity index is 1.83. The quantitative estimate of drug-likeness (QED) is 0.574. The van der Waals surface area contributed by atoms with Crippen molar-refractivity contribution in [3.63, 3.8) is 0 Å². The first-order valence-electron chi connectivity index (χ1n) is 8.73. The topological polar surface area (TPSA) is 55.8 Å². The standard InChI is InChI=1S/C19H29NO4Si/c1-19(2,3)25(4,5)24-16-11-17(21)20(12-16)13-18(22)23-14-15-9-7-6-8-10-15/h6-10,16H,11-14H2,1-5H3. The first-order valence-corrected chi connectivity index (χ1v) is 11.6. The fraction of sp³-hybridized carbons (Fsp3) is 0.579. The minimum atomic E-state index is -1.92. The van der Waals surface area contributed by atoms with E-state index in [2.05, 4.69) is 33.9 Å². The molecule has 1 heterocycles. The summed E-state index contributed by atoms with van der Waals surface area (Å²) in [6.45, 7) is 11.6. The molecule has 1 aliphatic heterocycles. The predicted octanol–water partition coefficient (Wildman–Crippen LogP) is 3.35. The van der Waals surface area contributed by atoms with Crippen molar-refractivity contribution in [2.45, 2.75) is 58.0 Å². The SMILES string of the molecule is CC(C)(C)[Si](C)(C)OC1CC(=O)N(CC(=O)OCc2ccccc2)C1. The van der Waals surface area contributed by atoms with E-state index in [4.69, 9.17) is 9.16 Å². The van der Waals surface area contributed by atoms with Crippen LogP contribution >= 0.6 is 0 Å². The number of hydrogen-bond acceptors (Lipinski definition) is 4. The van der Waals surface area contributed by atoms with Gasteiger partial charge in [-0.3, -0.25) is 9.59 Å². The molecule has 0 N–H and O–H groups in total. The smallest absolute Gasteiger partial charge is 0.325 e. The van der Waals surface area contributed by atoms with Crippen molar-refractivity contribution in [2.75, 3.05) is 13.1 Å². The second-order valence-electron chi connectivity index (χ2n) is 8.12. The zero-order chi connectivity index (χ0) is 18.7. The second-order valence-corrected chi connectivity index (χ2v) is 12.9. The molecule has 2 rings (SSSR count). The molecule has 5 nitrogen and oxygen atoms in total. The number of esters is 1. The molecular formula is C19H29NO4Si. The molecule has 1 aromatic carbocycles. The summed E-state index contributed by atoms with van der Waals surface area (Å²) in [5.41, 5.74) is 0.933. The van der Waals surface area contributed by atoms with Gasteiger partial charge in [-0.25, -0.2) is 0 Å². The van der Waals surface area contributed by atoms with E-state index in [-0.39, 0.29) is 36.2 Å². The lowest BCUT2D eigenvalue weighted by Gasteiger charge is -2.38. The Kier molecular flexibility index (Phi) is 6.06. The summed E-state index contributed by atoms with van der Waals surface area (Å²) in [5, 5.41) is 0.0953. The monoisotopic (exact) mass is 363 g/mol. The third-order valence-corrected chi connectivity index (χ3v) is 9.54.